The maximum atomic E-state index is 3.47. The van der Waals surface area contributed by atoms with E-state index in [4.69, 9.17) is 0 Å². The summed E-state index contributed by atoms with van der Waals surface area (Å²) in [4.78, 5) is 0. The van der Waals surface area contributed by atoms with E-state index in [1.54, 1.807) is 0 Å². The Labute approximate surface area is 76.9 Å². The van der Waals surface area contributed by atoms with Crippen molar-refractivity contribution < 1.29 is 0 Å². The first-order chi connectivity index (χ1) is 5.73. The van der Waals surface area contributed by atoms with Crippen molar-refractivity contribution in [1.29, 1.82) is 0 Å². The molecular weight excluding hydrogens is 146 g/mol. The van der Waals surface area contributed by atoms with E-state index >= 15 is 0 Å². The molecule has 72 valence electrons. The highest BCUT2D eigenvalue weighted by Crippen LogP contribution is 2.38. The van der Waals surface area contributed by atoms with Gasteiger partial charge in [-0.3, -0.25) is 0 Å². The fraction of sp³-hybridized carbons (Fsp3) is 1.00. The fourth-order valence-corrected chi connectivity index (χ4v) is 2.49. The maximum absolute atomic E-state index is 3.47. The quantitative estimate of drug-likeness (QED) is 0.682. The van der Waals surface area contributed by atoms with Crippen molar-refractivity contribution in [2.75, 3.05) is 13.1 Å². The van der Waals surface area contributed by atoms with E-state index in [1.165, 1.54) is 38.8 Å². The number of rotatable bonds is 4. The largest absolute Gasteiger partial charge is 0.316 e. The molecule has 1 saturated heterocycles. The summed E-state index contributed by atoms with van der Waals surface area (Å²) in [6.07, 6.45) is 5.47. The Hall–Kier alpha value is -0.0400. The molecule has 2 atom stereocenters. The van der Waals surface area contributed by atoms with Crippen molar-refractivity contribution in [3.63, 3.8) is 0 Å². The van der Waals surface area contributed by atoms with E-state index < -0.39 is 0 Å². The Balaban J connectivity index is 2.51. The van der Waals surface area contributed by atoms with E-state index in [0.29, 0.717) is 5.41 Å². The van der Waals surface area contributed by atoms with Crippen molar-refractivity contribution in [3.8, 4) is 0 Å². The molecule has 0 spiro atoms. The summed E-state index contributed by atoms with van der Waals surface area (Å²) >= 11 is 0. The van der Waals surface area contributed by atoms with E-state index in [0.717, 1.165) is 5.92 Å². The summed E-state index contributed by atoms with van der Waals surface area (Å²) < 4.78 is 0. The second kappa shape index (κ2) is 4.27. The van der Waals surface area contributed by atoms with Crippen LogP contribution in [0.5, 0.6) is 0 Å². The first-order valence-electron chi connectivity index (χ1n) is 5.43. The molecule has 0 aromatic heterocycles. The van der Waals surface area contributed by atoms with Crippen LogP contribution in [0.2, 0.25) is 0 Å². The van der Waals surface area contributed by atoms with E-state index in [1.807, 2.05) is 0 Å². The lowest BCUT2D eigenvalue weighted by molar-refractivity contribution is 0.173. The average molecular weight is 169 g/mol. The molecular formula is C11H23N. The van der Waals surface area contributed by atoms with Gasteiger partial charge in [-0.05, 0) is 37.3 Å². The molecule has 0 saturated carbocycles. The number of hydrogen-bond acceptors (Lipinski definition) is 1. The molecule has 1 rings (SSSR count). The molecule has 0 radical (unpaired) electrons. The van der Waals surface area contributed by atoms with Gasteiger partial charge in [-0.25, -0.2) is 0 Å². The molecule has 1 heteroatoms. The topological polar surface area (TPSA) is 12.0 Å². The normalized spacial score (nSPS) is 28.8. The second-order valence-electron chi connectivity index (χ2n) is 4.45. The predicted molar refractivity (Wildman–Crippen MR) is 54.3 cm³/mol. The zero-order valence-electron chi connectivity index (χ0n) is 8.82. The van der Waals surface area contributed by atoms with Gasteiger partial charge >= 0.3 is 0 Å². The van der Waals surface area contributed by atoms with Crippen molar-refractivity contribution >= 4 is 0 Å². The lowest BCUT2D eigenvalue weighted by Gasteiger charge is -2.34. The maximum Gasteiger partial charge on any atom is -0.00148 e. The molecule has 1 N–H and O–H groups in total. The highest BCUT2D eigenvalue weighted by molar-refractivity contribution is 4.86. The van der Waals surface area contributed by atoms with Crippen molar-refractivity contribution in [3.05, 3.63) is 0 Å². The van der Waals surface area contributed by atoms with Crippen LogP contribution >= 0.6 is 0 Å². The molecule has 0 amide bonds. The summed E-state index contributed by atoms with van der Waals surface area (Å²) in [6.45, 7) is 9.60. The van der Waals surface area contributed by atoms with Gasteiger partial charge in [-0.2, -0.15) is 0 Å². The van der Waals surface area contributed by atoms with Crippen molar-refractivity contribution in [2.24, 2.45) is 11.3 Å². The van der Waals surface area contributed by atoms with Crippen molar-refractivity contribution in [2.45, 2.75) is 46.5 Å². The van der Waals surface area contributed by atoms with Crippen LogP contribution in [0.4, 0.5) is 0 Å². The molecule has 1 fully saturated rings. The molecule has 0 aliphatic carbocycles. The van der Waals surface area contributed by atoms with Gasteiger partial charge < -0.3 is 5.32 Å². The summed E-state index contributed by atoms with van der Waals surface area (Å²) in [6, 6.07) is 0. The monoisotopic (exact) mass is 169 g/mol. The lowest BCUT2D eigenvalue weighted by atomic mass is 9.71. The zero-order valence-corrected chi connectivity index (χ0v) is 8.82. The summed E-state index contributed by atoms with van der Waals surface area (Å²) in [7, 11) is 0. The summed E-state index contributed by atoms with van der Waals surface area (Å²) in [5.41, 5.74) is 0.609. The SMILES string of the molecule is CCCC(C)(CC)C1CCNC1. The van der Waals surface area contributed by atoms with Crippen LogP contribution in [-0.4, -0.2) is 13.1 Å². The third-order valence-corrected chi connectivity index (χ3v) is 3.67. The van der Waals surface area contributed by atoms with Gasteiger partial charge in [-0.1, -0.05) is 33.6 Å². The van der Waals surface area contributed by atoms with Crippen LogP contribution in [0.15, 0.2) is 0 Å². The number of hydrogen-bond donors (Lipinski definition) is 1. The standard InChI is InChI=1S/C11H23N/c1-4-7-11(3,5-2)10-6-8-12-9-10/h10,12H,4-9H2,1-3H3. The van der Waals surface area contributed by atoms with Crippen LogP contribution in [0.1, 0.15) is 46.5 Å². The van der Waals surface area contributed by atoms with Gasteiger partial charge in [0.25, 0.3) is 0 Å². The van der Waals surface area contributed by atoms with Gasteiger partial charge in [0, 0.05) is 0 Å². The molecule has 1 aliphatic rings. The minimum Gasteiger partial charge on any atom is -0.316 e. The van der Waals surface area contributed by atoms with Crippen LogP contribution in [-0.2, 0) is 0 Å². The average Bonchev–Trinajstić information content (AvgIpc) is 2.57. The van der Waals surface area contributed by atoms with Crippen molar-refractivity contribution in [1.82, 2.24) is 5.32 Å². The van der Waals surface area contributed by atoms with Crippen LogP contribution in [0.25, 0.3) is 0 Å². The lowest BCUT2D eigenvalue weighted by Crippen LogP contribution is -2.28. The summed E-state index contributed by atoms with van der Waals surface area (Å²) in [5, 5.41) is 3.47. The Kier molecular flexibility index (Phi) is 3.57. The molecule has 2 unspecified atom stereocenters. The van der Waals surface area contributed by atoms with Gasteiger partial charge in [0.1, 0.15) is 0 Å². The minimum atomic E-state index is 0.609. The van der Waals surface area contributed by atoms with Gasteiger partial charge in [0.2, 0.25) is 0 Å². The first-order valence-corrected chi connectivity index (χ1v) is 5.43. The molecule has 0 aromatic rings. The fourth-order valence-electron chi connectivity index (χ4n) is 2.49. The number of nitrogens with one attached hydrogen (secondary N) is 1. The highest BCUT2D eigenvalue weighted by Gasteiger charge is 2.33. The first kappa shape index (κ1) is 10.0. The van der Waals surface area contributed by atoms with E-state index in [2.05, 4.69) is 26.1 Å². The molecule has 0 bridgehead atoms. The van der Waals surface area contributed by atoms with Crippen LogP contribution < -0.4 is 5.32 Å². The van der Waals surface area contributed by atoms with Crippen LogP contribution in [0, 0.1) is 11.3 Å². The van der Waals surface area contributed by atoms with Gasteiger partial charge in [-0.15, -0.1) is 0 Å². The smallest absolute Gasteiger partial charge is 0.00148 e. The highest BCUT2D eigenvalue weighted by atomic mass is 14.9. The Bertz CT molecular complexity index is 127. The molecule has 1 nitrogen and oxygen atoms in total. The van der Waals surface area contributed by atoms with Gasteiger partial charge in [0.05, 0.1) is 0 Å². The molecule has 1 heterocycles. The Morgan fingerprint density at radius 1 is 1.42 bits per heavy atom. The van der Waals surface area contributed by atoms with E-state index in [9.17, 15) is 0 Å². The Morgan fingerprint density at radius 2 is 2.17 bits per heavy atom. The second-order valence-corrected chi connectivity index (χ2v) is 4.45. The minimum absolute atomic E-state index is 0.609. The zero-order chi connectivity index (χ0) is 9.03. The third-order valence-electron chi connectivity index (χ3n) is 3.67. The Morgan fingerprint density at radius 3 is 2.58 bits per heavy atom. The van der Waals surface area contributed by atoms with Gasteiger partial charge in [0.15, 0.2) is 0 Å². The van der Waals surface area contributed by atoms with Crippen LogP contribution in [0.3, 0.4) is 0 Å². The third kappa shape index (κ3) is 2.01. The molecule has 1 aliphatic heterocycles. The molecule has 0 aromatic carbocycles. The summed E-state index contributed by atoms with van der Waals surface area (Å²) in [5.74, 6) is 0.933. The molecule has 12 heavy (non-hydrogen) atoms. The van der Waals surface area contributed by atoms with E-state index in [-0.39, 0.29) is 0 Å². The predicted octanol–water partition coefficient (Wildman–Crippen LogP) is 2.81.